The lowest BCUT2D eigenvalue weighted by Gasteiger charge is -2.16. The molecule has 3 aromatic rings. The van der Waals surface area contributed by atoms with Crippen molar-refractivity contribution >= 4 is 46.1 Å². The van der Waals surface area contributed by atoms with Gasteiger partial charge in [0, 0.05) is 4.90 Å². The smallest absolute Gasteiger partial charge is 0.221 e. The van der Waals surface area contributed by atoms with Gasteiger partial charge in [0.2, 0.25) is 11.2 Å². The van der Waals surface area contributed by atoms with E-state index in [0.717, 1.165) is 0 Å². The molecule has 13 heteroatoms. The van der Waals surface area contributed by atoms with E-state index in [1.165, 1.54) is 18.2 Å². The minimum absolute atomic E-state index is 0.382. The third kappa shape index (κ3) is 4.51. The van der Waals surface area contributed by atoms with Crippen LogP contribution in [0.4, 0.5) is 24.8 Å². The minimum Gasteiger partial charge on any atom is -0.221 e. The number of hydrogen-bond acceptors (Lipinski definition) is 3. The van der Waals surface area contributed by atoms with Crippen LogP contribution in [0.2, 0.25) is 10.0 Å². The van der Waals surface area contributed by atoms with Crippen molar-refractivity contribution in [2.75, 3.05) is 0 Å². The first-order chi connectivity index (χ1) is 13.9. The van der Waals surface area contributed by atoms with Gasteiger partial charge in [0.15, 0.2) is 5.69 Å². The van der Waals surface area contributed by atoms with E-state index in [1.807, 2.05) is 0 Å². The SMILES string of the molecule is N#Cc1nn(-c2c(Cl)cc(C(F)(F)F)cc2Cl)c(Sc2ccccc2)c1S(F)(F)F. The molecule has 0 spiro atoms. The monoisotopic (exact) mass is 501 g/mol. The Morgan fingerprint density at radius 3 is 2.07 bits per heavy atom. The van der Waals surface area contributed by atoms with Crippen LogP contribution in [0.3, 0.4) is 0 Å². The molecule has 30 heavy (non-hydrogen) atoms. The number of nitrogens with zero attached hydrogens (tertiary/aromatic N) is 3. The lowest BCUT2D eigenvalue weighted by molar-refractivity contribution is -0.137. The fourth-order valence-corrected chi connectivity index (χ4v) is 5.01. The molecule has 1 aromatic heterocycles. The van der Waals surface area contributed by atoms with Gasteiger partial charge >= 0.3 is 6.18 Å². The summed E-state index contributed by atoms with van der Waals surface area (Å²) >= 11 is 6.62. The van der Waals surface area contributed by atoms with Crippen molar-refractivity contribution < 1.29 is 24.8 Å². The van der Waals surface area contributed by atoms with Gasteiger partial charge in [0.05, 0.1) is 15.6 Å². The summed E-state index contributed by atoms with van der Waals surface area (Å²) in [5.74, 6) is 0. The van der Waals surface area contributed by atoms with Gasteiger partial charge in [-0.3, -0.25) is 0 Å². The molecule has 0 unspecified atom stereocenters. The van der Waals surface area contributed by atoms with Gasteiger partial charge < -0.3 is 0 Å². The highest BCUT2D eigenvalue weighted by Crippen LogP contribution is 2.65. The molecule has 0 saturated heterocycles. The Hall–Kier alpha value is -2.00. The molecule has 3 rings (SSSR count). The molecule has 0 fully saturated rings. The third-order valence-corrected chi connectivity index (χ3v) is 6.29. The Labute approximate surface area is 182 Å². The topological polar surface area (TPSA) is 41.6 Å². The van der Waals surface area contributed by atoms with Crippen LogP contribution in [0, 0.1) is 11.3 Å². The van der Waals surface area contributed by atoms with Crippen LogP contribution in [-0.2, 0) is 6.18 Å². The minimum atomic E-state index is -5.93. The molecule has 0 atom stereocenters. The molecule has 0 saturated carbocycles. The molecule has 0 N–H and O–H groups in total. The van der Waals surface area contributed by atoms with Crippen LogP contribution in [0.5, 0.6) is 0 Å². The van der Waals surface area contributed by atoms with Gasteiger partial charge in [-0.1, -0.05) is 53.2 Å². The van der Waals surface area contributed by atoms with Gasteiger partial charge in [-0.25, -0.2) is 4.68 Å². The first-order valence-corrected chi connectivity index (χ1v) is 10.6. The Kier molecular flexibility index (Phi) is 6.25. The van der Waals surface area contributed by atoms with Crippen molar-refractivity contribution in [1.29, 1.82) is 5.26 Å². The first kappa shape index (κ1) is 22.7. The van der Waals surface area contributed by atoms with Gasteiger partial charge in [-0.2, -0.15) is 23.5 Å². The van der Waals surface area contributed by atoms with E-state index in [2.05, 4.69) is 5.10 Å². The van der Waals surface area contributed by atoms with Crippen LogP contribution in [0.1, 0.15) is 11.3 Å². The summed E-state index contributed by atoms with van der Waals surface area (Å²) in [6.45, 7) is 0. The summed E-state index contributed by atoms with van der Waals surface area (Å²) in [6.07, 6.45) is -4.77. The molecule has 0 aliphatic carbocycles. The standard InChI is InChI=1S/C17H7Cl2F6N3S2/c18-11-6-9(17(20,21)22)7-12(19)14(11)28-16(29-10-4-2-1-3-5-10)15(30(23,24)25)13(8-26)27-28/h1-7H. The van der Waals surface area contributed by atoms with Crippen LogP contribution in [0.15, 0.2) is 57.3 Å². The highest BCUT2D eigenvalue weighted by atomic mass is 35.5. The Morgan fingerprint density at radius 2 is 1.60 bits per heavy atom. The number of halogens is 8. The largest absolute Gasteiger partial charge is 0.416 e. The molecule has 1 heterocycles. The summed E-state index contributed by atoms with van der Waals surface area (Å²) in [4.78, 5) is -0.877. The van der Waals surface area contributed by atoms with E-state index in [-0.39, 0.29) is 0 Å². The van der Waals surface area contributed by atoms with Crippen molar-refractivity contribution in [3.63, 3.8) is 0 Å². The molecule has 158 valence electrons. The third-order valence-electron chi connectivity index (χ3n) is 3.65. The van der Waals surface area contributed by atoms with Crippen LogP contribution in [-0.4, -0.2) is 9.78 Å². The fourth-order valence-electron chi connectivity index (χ4n) is 2.44. The van der Waals surface area contributed by atoms with Crippen LogP contribution in [0.25, 0.3) is 5.69 Å². The lowest BCUT2D eigenvalue weighted by atomic mass is 10.2. The molecule has 0 bridgehead atoms. The molecule has 3 nitrogen and oxygen atoms in total. The lowest BCUT2D eigenvalue weighted by Crippen LogP contribution is -2.07. The van der Waals surface area contributed by atoms with Crippen molar-refractivity contribution in [2.24, 2.45) is 0 Å². The van der Waals surface area contributed by atoms with E-state index in [0.29, 0.717) is 33.5 Å². The summed E-state index contributed by atoms with van der Waals surface area (Å²) in [6, 6.07) is 10.3. The Morgan fingerprint density at radius 1 is 1.03 bits per heavy atom. The Balaban J connectivity index is 2.31. The molecule has 0 aliphatic heterocycles. The number of nitriles is 1. The van der Waals surface area contributed by atoms with Crippen molar-refractivity contribution in [3.8, 4) is 11.8 Å². The average molecular weight is 502 g/mol. The normalized spacial score (nSPS) is 12.6. The van der Waals surface area contributed by atoms with E-state index in [1.54, 1.807) is 18.2 Å². The molecule has 0 radical (unpaired) electrons. The van der Waals surface area contributed by atoms with E-state index in [9.17, 15) is 30.1 Å². The maximum absolute atomic E-state index is 13.8. The number of alkyl halides is 3. The Bertz CT molecular complexity index is 1110. The van der Waals surface area contributed by atoms with E-state index in [4.69, 9.17) is 23.2 Å². The summed E-state index contributed by atoms with van der Waals surface area (Å²) in [5.41, 5.74) is -2.49. The molecular weight excluding hydrogens is 495 g/mol. The van der Waals surface area contributed by atoms with Gasteiger partial charge in [-0.15, -0.1) is 11.7 Å². The second-order valence-corrected chi connectivity index (χ2v) is 8.71. The highest BCUT2D eigenvalue weighted by Gasteiger charge is 2.38. The van der Waals surface area contributed by atoms with Gasteiger partial charge in [-0.05, 0) is 24.3 Å². The van der Waals surface area contributed by atoms with E-state index >= 15 is 0 Å². The van der Waals surface area contributed by atoms with Crippen molar-refractivity contribution in [3.05, 3.63) is 63.8 Å². The second kappa shape index (κ2) is 8.26. The predicted molar refractivity (Wildman–Crippen MR) is 103 cm³/mol. The summed E-state index contributed by atoms with van der Waals surface area (Å²) in [7, 11) is 0. The molecular formula is C17H7Cl2F6N3S2. The fraction of sp³-hybridized carbons (Fsp3) is 0.0588. The number of aromatic nitrogens is 2. The van der Waals surface area contributed by atoms with Gasteiger partial charge in [0.1, 0.15) is 21.7 Å². The van der Waals surface area contributed by atoms with Crippen LogP contribution >= 0.6 is 46.1 Å². The quantitative estimate of drug-likeness (QED) is 0.339. The molecule has 0 amide bonds. The number of hydrogen-bond donors (Lipinski definition) is 0. The summed E-state index contributed by atoms with van der Waals surface area (Å²) in [5, 5.41) is 11.2. The number of benzene rings is 2. The predicted octanol–water partition coefficient (Wildman–Crippen LogP) is 8.04. The maximum Gasteiger partial charge on any atom is 0.416 e. The zero-order valence-corrected chi connectivity index (χ0v) is 17.4. The van der Waals surface area contributed by atoms with Crippen molar-refractivity contribution in [2.45, 2.75) is 21.0 Å². The zero-order valence-electron chi connectivity index (χ0n) is 14.2. The maximum atomic E-state index is 13.8. The second-order valence-electron chi connectivity index (χ2n) is 5.61. The molecule has 0 aliphatic rings. The van der Waals surface area contributed by atoms with Crippen molar-refractivity contribution in [1.82, 2.24) is 9.78 Å². The van der Waals surface area contributed by atoms with Crippen LogP contribution < -0.4 is 0 Å². The first-order valence-electron chi connectivity index (χ1n) is 7.68. The van der Waals surface area contributed by atoms with E-state index < -0.39 is 54.3 Å². The zero-order chi connectivity index (χ0) is 22.3. The average Bonchev–Trinajstić information content (AvgIpc) is 2.99. The highest BCUT2D eigenvalue weighted by molar-refractivity contribution is 8.21. The number of rotatable bonds is 4. The van der Waals surface area contributed by atoms with Gasteiger partial charge in [0.25, 0.3) is 0 Å². The summed E-state index contributed by atoms with van der Waals surface area (Å²) < 4.78 is 81.1. The molecule has 2 aromatic carbocycles.